The zero-order valence-corrected chi connectivity index (χ0v) is 12.7. The van der Waals surface area contributed by atoms with Gasteiger partial charge >= 0.3 is 5.69 Å². The number of aromatic nitrogens is 2. The molecule has 2 atom stereocenters. The number of benzene rings is 1. The van der Waals surface area contributed by atoms with Crippen molar-refractivity contribution in [1.82, 2.24) is 15.3 Å². The van der Waals surface area contributed by atoms with Gasteiger partial charge in [-0.3, -0.25) is 9.78 Å². The minimum Gasteiger partial charge on any atom is -0.310 e. The SMILES string of the molecule is Cc1ccc(C2CCCC2NCc2cc(=O)[nH]c(=O)[nH]2)cc1. The molecule has 0 radical (unpaired) electrons. The average Bonchev–Trinajstić information content (AvgIpc) is 2.93. The maximum absolute atomic E-state index is 11.3. The largest absolute Gasteiger partial charge is 0.325 e. The van der Waals surface area contributed by atoms with E-state index in [9.17, 15) is 9.59 Å². The van der Waals surface area contributed by atoms with Crippen molar-refractivity contribution in [2.24, 2.45) is 0 Å². The Balaban J connectivity index is 1.70. The van der Waals surface area contributed by atoms with Crippen molar-refractivity contribution in [1.29, 1.82) is 0 Å². The fourth-order valence-electron chi connectivity index (χ4n) is 3.27. The minimum atomic E-state index is -0.453. The van der Waals surface area contributed by atoms with Crippen LogP contribution in [0.3, 0.4) is 0 Å². The first kappa shape index (κ1) is 14.8. The smallest absolute Gasteiger partial charge is 0.310 e. The van der Waals surface area contributed by atoms with Gasteiger partial charge in [-0.05, 0) is 31.2 Å². The van der Waals surface area contributed by atoms with Crippen molar-refractivity contribution in [3.8, 4) is 0 Å². The van der Waals surface area contributed by atoms with Crippen LogP contribution < -0.4 is 16.6 Å². The Hall–Kier alpha value is -2.14. The fraction of sp³-hybridized carbons (Fsp3) is 0.412. The molecular formula is C17H21N3O2. The number of rotatable bonds is 4. The van der Waals surface area contributed by atoms with Crippen molar-refractivity contribution in [3.05, 3.63) is 68.0 Å². The molecular weight excluding hydrogens is 278 g/mol. The molecule has 2 unspecified atom stereocenters. The van der Waals surface area contributed by atoms with E-state index in [1.54, 1.807) is 0 Å². The molecule has 1 aromatic heterocycles. The highest BCUT2D eigenvalue weighted by Crippen LogP contribution is 2.34. The van der Waals surface area contributed by atoms with E-state index in [4.69, 9.17) is 0 Å². The highest BCUT2D eigenvalue weighted by molar-refractivity contribution is 5.26. The molecule has 0 bridgehead atoms. The normalized spacial score (nSPS) is 21.1. The molecule has 0 aliphatic heterocycles. The predicted octanol–water partition coefficient (Wildman–Crippen LogP) is 1.80. The molecule has 0 saturated heterocycles. The van der Waals surface area contributed by atoms with Crippen LogP contribution in [-0.2, 0) is 6.54 Å². The van der Waals surface area contributed by atoms with Gasteiger partial charge in [0.1, 0.15) is 0 Å². The summed E-state index contributed by atoms with van der Waals surface area (Å²) in [5.74, 6) is 0.495. The Morgan fingerprint density at radius 2 is 1.91 bits per heavy atom. The second-order valence-corrected chi connectivity index (χ2v) is 6.05. The van der Waals surface area contributed by atoms with Crippen LogP contribution in [0.1, 0.15) is 42.0 Å². The molecule has 3 N–H and O–H groups in total. The molecule has 2 aromatic rings. The van der Waals surface area contributed by atoms with Gasteiger partial charge in [0.2, 0.25) is 0 Å². The second-order valence-electron chi connectivity index (χ2n) is 6.05. The van der Waals surface area contributed by atoms with Gasteiger partial charge in [-0.15, -0.1) is 0 Å². The van der Waals surface area contributed by atoms with E-state index in [2.05, 4.69) is 46.5 Å². The summed E-state index contributed by atoms with van der Waals surface area (Å²) in [4.78, 5) is 27.5. The lowest BCUT2D eigenvalue weighted by atomic mass is 9.93. The summed E-state index contributed by atoms with van der Waals surface area (Å²) < 4.78 is 0. The number of hydrogen-bond donors (Lipinski definition) is 3. The van der Waals surface area contributed by atoms with Gasteiger partial charge in [0.15, 0.2) is 0 Å². The van der Waals surface area contributed by atoms with E-state index in [1.165, 1.54) is 30.0 Å². The number of aromatic amines is 2. The summed E-state index contributed by atoms with van der Waals surface area (Å²) in [5.41, 5.74) is 2.45. The van der Waals surface area contributed by atoms with Crippen molar-refractivity contribution in [2.75, 3.05) is 0 Å². The molecule has 5 nitrogen and oxygen atoms in total. The maximum atomic E-state index is 11.3. The van der Waals surface area contributed by atoms with Gasteiger partial charge in [0.25, 0.3) is 5.56 Å². The first-order valence-corrected chi connectivity index (χ1v) is 7.74. The first-order chi connectivity index (χ1) is 10.6. The Morgan fingerprint density at radius 3 is 2.64 bits per heavy atom. The van der Waals surface area contributed by atoms with E-state index in [1.807, 2.05) is 0 Å². The van der Waals surface area contributed by atoms with Crippen LogP contribution in [-0.4, -0.2) is 16.0 Å². The Morgan fingerprint density at radius 1 is 1.14 bits per heavy atom. The lowest BCUT2D eigenvalue weighted by Crippen LogP contribution is -2.33. The quantitative estimate of drug-likeness (QED) is 0.805. The van der Waals surface area contributed by atoms with Crippen LogP contribution in [0.25, 0.3) is 0 Å². The average molecular weight is 299 g/mol. The van der Waals surface area contributed by atoms with E-state index < -0.39 is 5.69 Å². The van der Waals surface area contributed by atoms with E-state index in [-0.39, 0.29) is 5.56 Å². The molecule has 0 spiro atoms. The van der Waals surface area contributed by atoms with Crippen molar-refractivity contribution in [2.45, 2.75) is 44.7 Å². The highest BCUT2D eigenvalue weighted by Gasteiger charge is 2.28. The Labute approximate surface area is 128 Å². The number of H-pyrrole nitrogens is 2. The summed E-state index contributed by atoms with van der Waals surface area (Å²) in [6.45, 7) is 2.60. The lowest BCUT2D eigenvalue weighted by Gasteiger charge is -2.21. The summed E-state index contributed by atoms with van der Waals surface area (Å²) in [6.07, 6.45) is 3.49. The van der Waals surface area contributed by atoms with Gasteiger partial charge in [-0.2, -0.15) is 0 Å². The van der Waals surface area contributed by atoms with Gasteiger partial charge < -0.3 is 10.3 Å². The summed E-state index contributed by atoms with van der Waals surface area (Å²) in [5, 5.41) is 3.49. The van der Waals surface area contributed by atoms with E-state index in [0.717, 1.165) is 6.42 Å². The molecule has 0 amide bonds. The summed E-state index contributed by atoms with van der Waals surface area (Å²) >= 11 is 0. The molecule has 1 aliphatic rings. The lowest BCUT2D eigenvalue weighted by molar-refractivity contribution is 0.473. The predicted molar refractivity (Wildman–Crippen MR) is 86.1 cm³/mol. The summed E-state index contributed by atoms with van der Waals surface area (Å²) in [6, 6.07) is 10.5. The topological polar surface area (TPSA) is 77.8 Å². The zero-order valence-electron chi connectivity index (χ0n) is 12.7. The maximum Gasteiger partial charge on any atom is 0.325 e. The van der Waals surface area contributed by atoms with Crippen LogP contribution in [0.5, 0.6) is 0 Å². The molecule has 116 valence electrons. The van der Waals surface area contributed by atoms with Crippen LogP contribution >= 0.6 is 0 Å². The van der Waals surface area contributed by atoms with Crippen molar-refractivity contribution in [3.63, 3.8) is 0 Å². The van der Waals surface area contributed by atoms with Gasteiger partial charge in [-0.1, -0.05) is 36.2 Å². The number of nitrogens with one attached hydrogen (secondary N) is 3. The molecule has 22 heavy (non-hydrogen) atoms. The molecule has 1 heterocycles. The summed E-state index contributed by atoms with van der Waals surface area (Å²) in [7, 11) is 0. The highest BCUT2D eigenvalue weighted by atomic mass is 16.2. The van der Waals surface area contributed by atoms with Crippen LogP contribution in [0.4, 0.5) is 0 Å². The first-order valence-electron chi connectivity index (χ1n) is 7.74. The van der Waals surface area contributed by atoms with E-state index in [0.29, 0.717) is 24.2 Å². The Bertz CT molecular complexity index is 717. The monoisotopic (exact) mass is 299 g/mol. The minimum absolute atomic E-state index is 0.359. The Kier molecular flexibility index (Phi) is 4.24. The number of hydrogen-bond acceptors (Lipinski definition) is 3. The van der Waals surface area contributed by atoms with Gasteiger partial charge in [0, 0.05) is 24.3 Å². The van der Waals surface area contributed by atoms with Gasteiger partial charge in [-0.25, -0.2) is 4.79 Å². The van der Waals surface area contributed by atoms with E-state index >= 15 is 0 Å². The second kappa shape index (κ2) is 6.32. The molecule has 1 fully saturated rings. The van der Waals surface area contributed by atoms with Crippen LogP contribution in [0.2, 0.25) is 0 Å². The standard InChI is InChI=1S/C17H21N3O2/c1-11-5-7-12(8-6-11)14-3-2-4-15(14)18-10-13-9-16(21)20-17(22)19-13/h5-9,14-15,18H,2-4,10H2,1H3,(H2,19,20,21,22). The number of aryl methyl sites for hydroxylation is 1. The van der Waals surface area contributed by atoms with Crippen LogP contribution in [0.15, 0.2) is 39.9 Å². The third-order valence-corrected chi connectivity index (χ3v) is 4.39. The molecule has 1 aromatic carbocycles. The molecule has 1 saturated carbocycles. The van der Waals surface area contributed by atoms with Crippen molar-refractivity contribution >= 4 is 0 Å². The third kappa shape index (κ3) is 3.36. The fourth-order valence-corrected chi connectivity index (χ4v) is 3.27. The molecule has 1 aliphatic carbocycles. The molecule has 5 heteroatoms. The van der Waals surface area contributed by atoms with Gasteiger partial charge in [0.05, 0.1) is 0 Å². The third-order valence-electron chi connectivity index (χ3n) is 4.39. The van der Waals surface area contributed by atoms with Crippen LogP contribution in [0, 0.1) is 6.92 Å². The van der Waals surface area contributed by atoms with Crippen molar-refractivity contribution < 1.29 is 0 Å². The molecule has 3 rings (SSSR count). The zero-order chi connectivity index (χ0) is 15.5.